The number of hydrogen-bond donors (Lipinski definition) is 0. The summed E-state index contributed by atoms with van der Waals surface area (Å²) in [5.74, 6) is 0.0544. The van der Waals surface area contributed by atoms with Crippen LogP contribution in [0.1, 0.15) is 23.7 Å². The van der Waals surface area contributed by atoms with Crippen LogP contribution in [-0.4, -0.2) is 22.6 Å². The lowest BCUT2D eigenvalue weighted by Crippen LogP contribution is -2.24. The smallest absolute Gasteiger partial charge is 0.257 e. The van der Waals surface area contributed by atoms with E-state index in [4.69, 9.17) is 16.1 Å². The third-order valence-electron chi connectivity index (χ3n) is 4.40. The van der Waals surface area contributed by atoms with Gasteiger partial charge in [-0.3, -0.25) is 4.79 Å². The van der Waals surface area contributed by atoms with Crippen molar-refractivity contribution in [1.29, 1.82) is 0 Å². The molecule has 1 aromatic heterocycles. The molecule has 1 fully saturated rings. The second-order valence-electron chi connectivity index (χ2n) is 6.33. The number of amides is 1. The second-order valence-corrected chi connectivity index (χ2v) is 6.74. The summed E-state index contributed by atoms with van der Waals surface area (Å²) in [7, 11) is 0. The van der Waals surface area contributed by atoms with Gasteiger partial charge >= 0.3 is 0 Å². The Morgan fingerprint density at radius 2 is 2.12 bits per heavy atom. The number of aryl methyl sites for hydroxylation is 1. The molecule has 26 heavy (non-hydrogen) atoms. The lowest BCUT2D eigenvalue weighted by Gasteiger charge is -2.17. The predicted molar refractivity (Wildman–Crippen MR) is 95.6 cm³/mol. The van der Waals surface area contributed by atoms with Crippen molar-refractivity contribution in [2.24, 2.45) is 0 Å². The molecule has 0 bridgehead atoms. The average molecular weight is 372 g/mol. The molecule has 1 saturated heterocycles. The molecule has 0 aliphatic carbocycles. The van der Waals surface area contributed by atoms with Crippen LogP contribution in [0.3, 0.4) is 0 Å². The molecular weight excluding hydrogens is 357 g/mol. The summed E-state index contributed by atoms with van der Waals surface area (Å²) in [6.07, 6.45) is 0.222. The summed E-state index contributed by atoms with van der Waals surface area (Å²) in [5.41, 5.74) is 2.28. The topological polar surface area (TPSA) is 59.2 Å². The number of benzene rings is 2. The molecule has 1 aliphatic rings. The Hall–Kier alpha value is -2.73. The van der Waals surface area contributed by atoms with Crippen LogP contribution < -0.4 is 4.90 Å². The fourth-order valence-electron chi connectivity index (χ4n) is 3.10. The van der Waals surface area contributed by atoms with Crippen molar-refractivity contribution >= 4 is 23.2 Å². The highest BCUT2D eigenvalue weighted by molar-refractivity contribution is 6.33. The molecule has 1 unspecified atom stereocenters. The Kier molecular flexibility index (Phi) is 4.20. The molecule has 2 heterocycles. The van der Waals surface area contributed by atoms with Crippen molar-refractivity contribution in [2.45, 2.75) is 19.3 Å². The van der Waals surface area contributed by atoms with Gasteiger partial charge in [-0.15, -0.1) is 0 Å². The highest BCUT2D eigenvalue weighted by atomic mass is 35.5. The van der Waals surface area contributed by atoms with Gasteiger partial charge < -0.3 is 9.42 Å². The first-order valence-corrected chi connectivity index (χ1v) is 8.55. The molecule has 0 saturated carbocycles. The van der Waals surface area contributed by atoms with Gasteiger partial charge in [-0.2, -0.15) is 4.98 Å². The Bertz CT molecular complexity index is 988. The lowest BCUT2D eigenvalue weighted by atomic mass is 10.1. The number of nitrogens with zero attached hydrogens (tertiary/aromatic N) is 3. The number of halogens is 2. The van der Waals surface area contributed by atoms with Crippen LogP contribution in [0.2, 0.25) is 5.02 Å². The van der Waals surface area contributed by atoms with E-state index in [1.54, 1.807) is 0 Å². The SMILES string of the molecule is Cc1cccc(-c2nc(C3CC(=O)N(c4cc(F)ccc4Cl)C3)no2)c1. The lowest BCUT2D eigenvalue weighted by molar-refractivity contribution is -0.117. The third-order valence-corrected chi connectivity index (χ3v) is 4.72. The first-order valence-electron chi connectivity index (χ1n) is 8.17. The minimum Gasteiger partial charge on any atom is -0.334 e. The molecule has 3 aromatic rings. The Morgan fingerprint density at radius 1 is 1.27 bits per heavy atom. The van der Waals surface area contributed by atoms with E-state index in [9.17, 15) is 9.18 Å². The molecule has 1 atom stereocenters. The van der Waals surface area contributed by atoms with Gasteiger partial charge in [-0.05, 0) is 37.3 Å². The summed E-state index contributed by atoms with van der Waals surface area (Å²) in [6.45, 7) is 2.31. The Balaban J connectivity index is 1.59. The van der Waals surface area contributed by atoms with Gasteiger partial charge in [0.15, 0.2) is 5.82 Å². The van der Waals surface area contributed by atoms with Crippen LogP contribution in [0, 0.1) is 12.7 Å². The summed E-state index contributed by atoms with van der Waals surface area (Å²) in [4.78, 5) is 18.3. The number of rotatable bonds is 3. The number of carbonyl (C=O) groups is 1. The monoisotopic (exact) mass is 371 g/mol. The fraction of sp³-hybridized carbons (Fsp3) is 0.211. The minimum absolute atomic E-state index is 0.149. The van der Waals surface area contributed by atoms with Crippen LogP contribution in [0.25, 0.3) is 11.5 Å². The normalized spacial score (nSPS) is 17.1. The molecule has 4 rings (SSSR count). The Labute approximate surface area is 154 Å². The maximum Gasteiger partial charge on any atom is 0.257 e. The van der Waals surface area contributed by atoms with Gasteiger partial charge in [0.2, 0.25) is 5.91 Å². The van der Waals surface area contributed by atoms with Crippen LogP contribution in [0.4, 0.5) is 10.1 Å². The van der Waals surface area contributed by atoms with E-state index in [0.717, 1.165) is 11.1 Å². The van der Waals surface area contributed by atoms with Crippen LogP contribution in [0.15, 0.2) is 47.0 Å². The van der Waals surface area contributed by atoms with Crippen LogP contribution >= 0.6 is 11.6 Å². The van der Waals surface area contributed by atoms with E-state index in [0.29, 0.717) is 29.0 Å². The first-order chi connectivity index (χ1) is 12.5. The molecule has 7 heteroatoms. The summed E-state index contributed by atoms with van der Waals surface area (Å²) in [5, 5.41) is 4.36. The van der Waals surface area contributed by atoms with Crippen LogP contribution in [-0.2, 0) is 4.79 Å². The molecule has 132 valence electrons. The van der Waals surface area contributed by atoms with Crippen molar-refractivity contribution in [2.75, 3.05) is 11.4 Å². The van der Waals surface area contributed by atoms with E-state index in [1.165, 1.54) is 23.1 Å². The zero-order valence-corrected chi connectivity index (χ0v) is 14.7. The highest BCUT2D eigenvalue weighted by Crippen LogP contribution is 2.35. The van der Waals surface area contributed by atoms with Gasteiger partial charge in [0.25, 0.3) is 5.89 Å². The van der Waals surface area contributed by atoms with E-state index < -0.39 is 5.82 Å². The number of hydrogen-bond acceptors (Lipinski definition) is 4. The van der Waals surface area contributed by atoms with Crippen molar-refractivity contribution in [3.8, 4) is 11.5 Å². The van der Waals surface area contributed by atoms with E-state index >= 15 is 0 Å². The molecule has 0 N–H and O–H groups in total. The van der Waals surface area contributed by atoms with Crippen molar-refractivity contribution in [1.82, 2.24) is 10.1 Å². The molecular formula is C19H15ClFN3O2. The zero-order chi connectivity index (χ0) is 18.3. The number of aromatic nitrogens is 2. The molecule has 1 amide bonds. The fourth-order valence-corrected chi connectivity index (χ4v) is 3.32. The maximum atomic E-state index is 13.5. The summed E-state index contributed by atoms with van der Waals surface area (Å²) >= 11 is 6.12. The second kappa shape index (κ2) is 6.53. The van der Waals surface area contributed by atoms with Crippen molar-refractivity contribution in [3.63, 3.8) is 0 Å². The largest absolute Gasteiger partial charge is 0.334 e. The van der Waals surface area contributed by atoms with E-state index in [2.05, 4.69) is 10.1 Å². The van der Waals surface area contributed by atoms with Gasteiger partial charge in [0, 0.05) is 24.4 Å². The molecule has 0 radical (unpaired) electrons. The first kappa shape index (κ1) is 16.7. The van der Waals surface area contributed by atoms with Gasteiger partial charge in [0.1, 0.15) is 5.82 Å². The Morgan fingerprint density at radius 3 is 2.92 bits per heavy atom. The van der Waals surface area contributed by atoms with Crippen LogP contribution in [0.5, 0.6) is 0 Å². The average Bonchev–Trinajstić information content (AvgIpc) is 3.24. The number of carbonyl (C=O) groups excluding carboxylic acids is 1. The zero-order valence-electron chi connectivity index (χ0n) is 13.9. The van der Waals surface area contributed by atoms with Gasteiger partial charge in [-0.1, -0.05) is 34.5 Å². The quantitative estimate of drug-likeness (QED) is 0.686. The van der Waals surface area contributed by atoms with E-state index in [1.807, 2.05) is 31.2 Å². The molecule has 5 nitrogen and oxygen atoms in total. The van der Waals surface area contributed by atoms with Crippen molar-refractivity contribution < 1.29 is 13.7 Å². The third kappa shape index (κ3) is 3.08. The molecule has 1 aliphatic heterocycles. The minimum atomic E-state index is -0.443. The predicted octanol–water partition coefficient (Wildman–Crippen LogP) is 4.36. The maximum absolute atomic E-state index is 13.5. The van der Waals surface area contributed by atoms with Gasteiger partial charge in [-0.25, -0.2) is 4.39 Å². The van der Waals surface area contributed by atoms with E-state index in [-0.39, 0.29) is 18.2 Å². The van der Waals surface area contributed by atoms with Crippen molar-refractivity contribution in [3.05, 3.63) is 64.7 Å². The standard InChI is InChI=1S/C19H15ClFN3O2/c1-11-3-2-4-12(7-11)19-22-18(23-26-19)13-8-17(25)24(10-13)16-9-14(21)5-6-15(16)20/h2-7,9,13H,8,10H2,1H3. The summed E-state index contributed by atoms with van der Waals surface area (Å²) < 4.78 is 18.9. The highest BCUT2D eigenvalue weighted by Gasteiger charge is 2.35. The summed E-state index contributed by atoms with van der Waals surface area (Å²) in [6, 6.07) is 11.7. The molecule has 2 aromatic carbocycles. The number of anilines is 1. The molecule has 0 spiro atoms. The van der Waals surface area contributed by atoms with Gasteiger partial charge in [0.05, 0.1) is 10.7 Å².